The molecule has 2 aromatic rings. The number of hydrogen-bond donors (Lipinski definition) is 1. The van der Waals surface area contributed by atoms with Crippen molar-refractivity contribution in [2.45, 2.75) is 25.9 Å². The number of benzene rings is 1. The van der Waals surface area contributed by atoms with Crippen LogP contribution in [0.25, 0.3) is 0 Å². The van der Waals surface area contributed by atoms with Crippen molar-refractivity contribution in [3.8, 4) is 0 Å². The largest absolute Gasteiger partial charge is 0.333 e. The highest BCUT2D eigenvalue weighted by Gasteiger charge is 2.18. The summed E-state index contributed by atoms with van der Waals surface area (Å²) in [6.07, 6.45) is 4.77. The number of hydrogen-bond acceptors (Lipinski definition) is 2. The summed E-state index contributed by atoms with van der Waals surface area (Å²) in [7, 11) is 0. The molecule has 96 valence electrons. The molecular weight excluding hydrogens is 314 g/mol. The van der Waals surface area contributed by atoms with E-state index in [1.54, 1.807) is 6.20 Å². The van der Waals surface area contributed by atoms with Gasteiger partial charge in [0.15, 0.2) is 0 Å². The van der Waals surface area contributed by atoms with Gasteiger partial charge >= 0.3 is 0 Å². The van der Waals surface area contributed by atoms with Gasteiger partial charge in [0, 0.05) is 23.4 Å². The highest BCUT2D eigenvalue weighted by Crippen LogP contribution is 2.31. The zero-order chi connectivity index (χ0) is 13.1. The summed E-state index contributed by atoms with van der Waals surface area (Å²) in [4.78, 5) is 4.35. The second-order valence-corrected chi connectivity index (χ2v) is 5.33. The van der Waals surface area contributed by atoms with Gasteiger partial charge in [-0.15, -0.1) is 0 Å². The lowest BCUT2D eigenvalue weighted by Gasteiger charge is -2.16. The fraction of sp³-hybridized carbons (Fsp3) is 0.308. The SMILES string of the molecule is CCCn1ccnc1C(N)c1cccc(Br)c1Cl. The molecule has 1 atom stereocenters. The molecule has 0 saturated carbocycles. The topological polar surface area (TPSA) is 43.8 Å². The summed E-state index contributed by atoms with van der Waals surface area (Å²) in [6, 6.07) is 5.45. The smallest absolute Gasteiger partial charge is 0.130 e. The molecule has 0 amide bonds. The van der Waals surface area contributed by atoms with Crippen molar-refractivity contribution >= 4 is 27.5 Å². The van der Waals surface area contributed by atoms with Crippen LogP contribution in [-0.4, -0.2) is 9.55 Å². The molecule has 0 saturated heterocycles. The van der Waals surface area contributed by atoms with Crippen LogP contribution in [-0.2, 0) is 6.54 Å². The number of aromatic nitrogens is 2. The van der Waals surface area contributed by atoms with E-state index in [1.807, 2.05) is 24.4 Å². The number of rotatable bonds is 4. The van der Waals surface area contributed by atoms with Crippen molar-refractivity contribution in [1.29, 1.82) is 0 Å². The van der Waals surface area contributed by atoms with Gasteiger partial charge in [-0.1, -0.05) is 30.7 Å². The zero-order valence-electron chi connectivity index (χ0n) is 10.1. The van der Waals surface area contributed by atoms with Crippen molar-refractivity contribution in [3.63, 3.8) is 0 Å². The Labute approximate surface area is 120 Å². The van der Waals surface area contributed by atoms with Crippen molar-refractivity contribution in [2.75, 3.05) is 0 Å². The fourth-order valence-corrected chi connectivity index (χ4v) is 2.55. The Morgan fingerprint density at radius 3 is 3.00 bits per heavy atom. The van der Waals surface area contributed by atoms with Crippen LogP contribution in [0.15, 0.2) is 35.1 Å². The first-order valence-electron chi connectivity index (χ1n) is 5.85. The average molecular weight is 329 g/mol. The zero-order valence-corrected chi connectivity index (χ0v) is 12.4. The standard InChI is InChI=1S/C13H15BrClN3/c1-2-7-18-8-6-17-13(18)12(16)9-4-3-5-10(14)11(9)15/h3-6,8,12H,2,7,16H2,1H3. The van der Waals surface area contributed by atoms with E-state index in [-0.39, 0.29) is 6.04 Å². The van der Waals surface area contributed by atoms with Crippen molar-refractivity contribution in [2.24, 2.45) is 5.73 Å². The molecule has 0 aliphatic heterocycles. The van der Waals surface area contributed by atoms with Crippen LogP contribution in [0.5, 0.6) is 0 Å². The van der Waals surface area contributed by atoms with Crippen LogP contribution in [0.2, 0.25) is 5.02 Å². The van der Waals surface area contributed by atoms with Gasteiger partial charge in [0.1, 0.15) is 5.82 Å². The fourth-order valence-electron chi connectivity index (χ4n) is 1.93. The van der Waals surface area contributed by atoms with Crippen LogP contribution >= 0.6 is 27.5 Å². The molecule has 5 heteroatoms. The van der Waals surface area contributed by atoms with Crippen molar-refractivity contribution in [1.82, 2.24) is 9.55 Å². The molecule has 18 heavy (non-hydrogen) atoms. The average Bonchev–Trinajstić information content (AvgIpc) is 2.80. The van der Waals surface area contributed by atoms with Gasteiger partial charge < -0.3 is 10.3 Å². The predicted molar refractivity (Wildman–Crippen MR) is 77.7 cm³/mol. The molecule has 0 aliphatic rings. The summed E-state index contributed by atoms with van der Waals surface area (Å²) in [5.74, 6) is 0.844. The number of nitrogens with zero attached hydrogens (tertiary/aromatic N) is 2. The van der Waals surface area contributed by atoms with E-state index in [0.717, 1.165) is 28.8 Å². The molecule has 0 fully saturated rings. The maximum atomic E-state index is 6.27. The number of imidazole rings is 1. The third-order valence-electron chi connectivity index (χ3n) is 2.81. The highest BCUT2D eigenvalue weighted by molar-refractivity contribution is 9.10. The number of halogens is 2. The Hall–Kier alpha value is -0.840. The van der Waals surface area contributed by atoms with Gasteiger partial charge in [-0.3, -0.25) is 0 Å². The summed E-state index contributed by atoms with van der Waals surface area (Å²) >= 11 is 9.68. The molecule has 2 rings (SSSR count). The van der Waals surface area contributed by atoms with Gasteiger partial charge in [0.05, 0.1) is 11.1 Å². The first-order valence-corrected chi connectivity index (χ1v) is 7.02. The molecule has 1 heterocycles. The van der Waals surface area contributed by atoms with Crippen molar-refractivity contribution < 1.29 is 0 Å². The van der Waals surface area contributed by atoms with E-state index in [0.29, 0.717) is 5.02 Å². The minimum absolute atomic E-state index is 0.309. The lowest BCUT2D eigenvalue weighted by Crippen LogP contribution is -2.18. The molecule has 0 radical (unpaired) electrons. The number of aryl methyl sites for hydroxylation is 1. The van der Waals surface area contributed by atoms with Crippen LogP contribution in [0, 0.1) is 0 Å². The van der Waals surface area contributed by atoms with E-state index in [9.17, 15) is 0 Å². The van der Waals surface area contributed by atoms with Gasteiger partial charge in [0.2, 0.25) is 0 Å². The van der Waals surface area contributed by atoms with Crippen molar-refractivity contribution in [3.05, 3.63) is 51.5 Å². The van der Waals surface area contributed by atoms with E-state index in [1.165, 1.54) is 0 Å². The quantitative estimate of drug-likeness (QED) is 0.928. The van der Waals surface area contributed by atoms with Gasteiger partial charge in [-0.25, -0.2) is 4.98 Å². The lowest BCUT2D eigenvalue weighted by atomic mass is 10.1. The van der Waals surface area contributed by atoms with Crippen LogP contribution in [0.3, 0.4) is 0 Å². The third-order valence-corrected chi connectivity index (χ3v) is 4.12. The second-order valence-electron chi connectivity index (χ2n) is 4.10. The molecule has 1 aromatic heterocycles. The highest BCUT2D eigenvalue weighted by atomic mass is 79.9. The normalized spacial score (nSPS) is 12.7. The minimum Gasteiger partial charge on any atom is -0.333 e. The van der Waals surface area contributed by atoms with E-state index < -0.39 is 0 Å². The minimum atomic E-state index is -0.309. The Balaban J connectivity index is 2.38. The first-order chi connectivity index (χ1) is 8.65. The summed E-state index contributed by atoms with van der Waals surface area (Å²) in [5.41, 5.74) is 7.16. The summed E-state index contributed by atoms with van der Waals surface area (Å²) in [5, 5.41) is 0.649. The lowest BCUT2D eigenvalue weighted by molar-refractivity contribution is 0.613. The van der Waals surface area contributed by atoms with E-state index in [4.69, 9.17) is 17.3 Å². The molecule has 1 aromatic carbocycles. The Morgan fingerprint density at radius 2 is 2.28 bits per heavy atom. The van der Waals surface area contributed by atoms with Crippen LogP contribution < -0.4 is 5.73 Å². The molecule has 0 spiro atoms. The summed E-state index contributed by atoms with van der Waals surface area (Å²) < 4.78 is 2.92. The van der Waals surface area contributed by atoms with E-state index >= 15 is 0 Å². The second kappa shape index (κ2) is 5.87. The molecule has 3 nitrogen and oxygen atoms in total. The molecule has 1 unspecified atom stereocenters. The van der Waals surface area contributed by atoms with Gasteiger partial charge in [-0.2, -0.15) is 0 Å². The van der Waals surface area contributed by atoms with Gasteiger partial charge in [-0.05, 0) is 34.0 Å². The van der Waals surface area contributed by atoms with Gasteiger partial charge in [0.25, 0.3) is 0 Å². The Kier molecular flexibility index (Phi) is 4.43. The third kappa shape index (κ3) is 2.60. The monoisotopic (exact) mass is 327 g/mol. The molecular formula is C13H15BrClN3. The van der Waals surface area contributed by atoms with Crippen LogP contribution in [0.1, 0.15) is 30.8 Å². The molecule has 0 bridgehead atoms. The predicted octanol–water partition coefficient (Wildman–Crippen LogP) is 3.76. The maximum Gasteiger partial charge on any atom is 0.130 e. The van der Waals surface area contributed by atoms with Crippen LogP contribution in [0.4, 0.5) is 0 Å². The first kappa shape index (κ1) is 13.6. The molecule has 2 N–H and O–H groups in total. The number of nitrogens with two attached hydrogens (primary N) is 1. The maximum absolute atomic E-state index is 6.27. The Bertz CT molecular complexity index is 539. The summed E-state index contributed by atoms with van der Waals surface area (Å²) in [6.45, 7) is 3.04. The van der Waals surface area contributed by atoms with E-state index in [2.05, 4.69) is 32.4 Å². The molecule has 0 aliphatic carbocycles. The Morgan fingerprint density at radius 1 is 1.50 bits per heavy atom.